The van der Waals surface area contributed by atoms with Crippen LogP contribution in [0.25, 0.3) is 0 Å². The topological polar surface area (TPSA) is 103 Å². The summed E-state index contributed by atoms with van der Waals surface area (Å²) in [5.41, 5.74) is 0.574. The largest absolute Gasteiger partial charge is 0.496 e. The molecule has 1 aliphatic rings. The Balaban J connectivity index is 1.86. The van der Waals surface area contributed by atoms with E-state index in [0.29, 0.717) is 22.9 Å². The van der Waals surface area contributed by atoms with Crippen LogP contribution in [-0.4, -0.2) is 41.7 Å². The average molecular weight is 406 g/mol. The summed E-state index contributed by atoms with van der Waals surface area (Å²) in [6.45, 7) is 0. The number of carbonyl (C=O) groups excluding carboxylic acids is 1. The van der Waals surface area contributed by atoms with Gasteiger partial charge in [-0.25, -0.2) is 13.1 Å². The van der Waals surface area contributed by atoms with Gasteiger partial charge in [-0.1, -0.05) is 6.07 Å². The first-order valence-corrected chi connectivity index (χ1v) is 10.1. The number of amides is 1. The third-order valence-corrected chi connectivity index (χ3v) is 5.77. The predicted molar refractivity (Wildman–Crippen MR) is 104 cm³/mol. The summed E-state index contributed by atoms with van der Waals surface area (Å²) >= 11 is 0. The monoisotopic (exact) mass is 406 g/mol. The Morgan fingerprint density at radius 2 is 1.61 bits per heavy atom. The van der Waals surface area contributed by atoms with E-state index in [1.807, 2.05) is 0 Å². The van der Waals surface area contributed by atoms with Gasteiger partial charge >= 0.3 is 0 Å². The Kier molecular flexibility index (Phi) is 5.76. The third-order valence-electron chi connectivity index (χ3n) is 4.25. The van der Waals surface area contributed by atoms with Crippen LogP contribution in [0.4, 0.5) is 5.69 Å². The number of methoxy groups -OCH3 is 3. The zero-order valence-corrected chi connectivity index (χ0v) is 16.6. The fourth-order valence-electron chi connectivity index (χ4n) is 2.63. The van der Waals surface area contributed by atoms with Gasteiger partial charge in [-0.2, -0.15) is 0 Å². The summed E-state index contributed by atoms with van der Waals surface area (Å²) in [5, 5.41) is 2.70. The molecule has 1 saturated carbocycles. The maximum Gasteiger partial charge on any atom is 0.259 e. The molecule has 9 heteroatoms. The maximum absolute atomic E-state index is 12.8. The predicted octanol–water partition coefficient (Wildman–Crippen LogP) is 2.41. The number of nitrogens with one attached hydrogen (secondary N) is 2. The second-order valence-corrected chi connectivity index (χ2v) is 8.00. The van der Waals surface area contributed by atoms with E-state index < -0.39 is 15.9 Å². The molecule has 0 radical (unpaired) electrons. The van der Waals surface area contributed by atoms with E-state index in [-0.39, 0.29) is 16.5 Å². The lowest BCUT2D eigenvalue weighted by molar-refractivity contribution is 0.102. The van der Waals surface area contributed by atoms with E-state index in [9.17, 15) is 13.2 Å². The van der Waals surface area contributed by atoms with Crippen molar-refractivity contribution in [2.45, 2.75) is 23.8 Å². The van der Waals surface area contributed by atoms with Crippen LogP contribution in [0, 0.1) is 0 Å². The first-order chi connectivity index (χ1) is 13.4. The molecule has 0 saturated heterocycles. The van der Waals surface area contributed by atoms with Crippen molar-refractivity contribution in [1.29, 1.82) is 0 Å². The number of carbonyl (C=O) groups is 1. The molecule has 150 valence electrons. The zero-order valence-electron chi connectivity index (χ0n) is 15.8. The van der Waals surface area contributed by atoms with Crippen molar-refractivity contribution < 1.29 is 27.4 Å². The Morgan fingerprint density at radius 3 is 2.21 bits per heavy atom. The van der Waals surface area contributed by atoms with Crippen LogP contribution in [-0.2, 0) is 10.0 Å². The van der Waals surface area contributed by atoms with Crippen LogP contribution in [0.5, 0.6) is 17.2 Å². The zero-order chi connectivity index (χ0) is 20.3. The van der Waals surface area contributed by atoms with Crippen molar-refractivity contribution in [3.8, 4) is 17.2 Å². The van der Waals surface area contributed by atoms with Gasteiger partial charge in [-0.05, 0) is 31.0 Å². The Bertz CT molecular complexity index is 986. The third kappa shape index (κ3) is 4.37. The van der Waals surface area contributed by atoms with Crippen molar-refractivity contribution in [2.24, 2.45) is 0 Å². The number of hydrogen-bond donors (Lipinski definition) is 2. The summed E-state index contributed by atoms with van der Waals surface area (Å²) in [6.07, 6.45) is 1.68. The van der Waals surface area contributed by atoms with E-state index in [0.717, 1.165) is 12.8 Å². The molecule has 2 aromatic carbocycles. The van der Waals surface area contributed by atoms with Gasteiger partial charge in [0, 0.05) is 23.9 Å². The minimum absolute atomic E-state index is 0.000674. The van der Waals surface area contributed by atoms with Crippen LogP contribution >= 0.6 is 0 Å². The van der Waals surface area contributed by atoms with Gasteiger partial charge in [0.25, 0.3) is 5.91 Å². The first kappa shape index (κ1) is 20.0. The van der Waals surface area contributed by atoms with Crippen molar-refractivity contribution in [2.75, 3.05) is 26.6 Å². The lowest BCUT2D eigenvalue weighted by Gasteiger charge is -2.14. The number of ether oxygens (including phenoxy) is 3. The van der Waals surface area contributed by atoms with E-state index in [4.69, 9.17) is 14.2 Å². The highest BCUT2D eigenvalue weighted by Gasteiger charge is 2.28. The standard InChI is InChI=1S/C19H22N2O6S/c1-25-16-11-18(27-3)17(26-2)10-15(16)19(22)20-13-5-4-6-14(9-13)28(23,24)21-12-7-8-12/h4-6,9-12,21H,7-8H2,1-3H3,(H,20,22). The highest BCUT2D eigenvalue weighted by Crippen LogP contribution is 2.35. The highest BCUT2D eigenvalue weighted by atomic mass is 32.2. The molecule has 8 nitrogen and oxygen atoms in total. The molecule has 0 atom stereocenters. The molecule has 1 fully saturated rings. The fraction of sp³-hybridized carbons (Fsp3) is 0.316. The Hall–Kier alpha value is -2.78. The highest BCUT2D eigenvalue weighted by molar-refractivity contribution is 7.89. The van der Waals surface area contributed by atoms with Crippen LogP contribution in [0.3, 0.4) is 0 Å². The van der Waals surface area contributed by atoms with Gasteiger partial charge in [-0.3, -0.25) is 4.79 Å². The molecule has 0 unspecified atom stereocenters. The molecule has 28 heavy (non-hydrogen) atoms. The van der Waals surface area contributed by atoms with Gasteiger partial charge < -0.3 is 19.5 Å². The second kappa shape index (κ2) is 8.07. The molecule has 3 rings (SSSR count). The van der Waals surface area contributed by atoms with Crippen molar-refractivity contribution in [1.82, 2.24) is 4.72 Å². The number of benzene rings is 2. The van der Waals surface area contributed by atoms with E-state index in [1.165, 1.54) is 39.5 Å². The molecule has 0 aliphatic heterocycles. The summed E-state index contributed by atoms with van der Waals surface area (Å²) in [4.78, 5) is 12.9. The van der Waals surface area contributed by atoms with Crippen LogP contribution in [0.1, 0.15) is 23.2 Å². The smallest absolute Gasteiger partial charge is 0.259 e. The van der Waals surface area contributed by atoms with Gasteiger partial charge in [0.15, 0.2) is 11.5 Å². The van der Waals surface area contributed by atoms with E-state index >= 15 is 0 Å². The molecule has 1 aliphatic carbocycles. The number of anilines is 1. The SMILES string of the molecule is COc1cc(OC)c(C(=O)Nc2cccc(S(=O)(=O)NC3CC3)c2)cc1OC. The van der Waals surface area contributed by atoms with Gasteiger partial charge in [0.2, 0.25) is 10.0 Å². The van der Waals surface area contributed by atoms with E-state index in [2.05, 4.69) is 10.0 Å². The summed E-state index contributed by atoms with van der Waals surface area (Å²) in [6, 6.07) is 9.13. The maximum atomic E-state index is 12.8. The number of sulfonamides is 1. The average Bonchev–Trinajstić information content (AvgIpc) is 3.50. The van der Waals surface area contributed by atoms with Crippen molar-refractivity contribution >= 4 is 21.6 Å². The lowest BCUT2D eigenvalue weighted by Crippen LogP contribution is -2.25. The van der Waals surface area contributed by atoms with Crippen molar-refractivity contribution in [3.63, 3.8) is 0 Å². The number of hydrogen-bond acceptors (Lipinski definition) is 6. The van der Waals surface area contributed by atoms with Crippen LogP contribution < -0.4 is 24.2 Å². The van der Waals surface area contributed by atoms with Crippen LogP contribution in [0.2, 0.25) is 0 Å². The summed E-state index contributed by atoms with van der Waals surface area (Å²) < 4.78 is 43.1. The van der Waals surface area contributed by atoms with Gasteiger partial charge in [0.1, 0.15) is 5.75 Å². The van der Waals surface area contributed by atoms with Gasteiger partial charge in [-0.15, -0.1) is 0 Å². The lowest BCUT2D eigenvalue weighted by atomic mass is 10.1. The molecular formula is C19H22N2O6S. The molecule has 2 aromatic rings. The summed E-state index contributed by atoms with van der Waals surface area (Å²) in [5.74, 6) is 0.630. The number of rotatable bonds is 8. The molecule has 0 bridgehead atoms. The minimum atomic E-state index is -3.61. The van der Waals surface area contributed by atoms with Crippen LogP contribution in [0.15, 0.2) is 41.3 Å². The normalized spacial score (nSPS) is 13.7. The molecular weight excluding hydrogens is 384 g/mol. The van der Waals surface area contributed by atoms with Crippen molar-refractivity contribution in [3.05, 3.63) is 42.0 Å². The van der Waals surface area contributed by atoms with E-state index in [1.54, 1.807) is 18.2 Å². The molecule has 0 heterocycles. The first-order valence-electron chi connectivity index (χ1n) is 8.61. The van der Waals surface area contributed by atoms with Gasteiger partial charge in [0.05, 0.1) is 31.8 Å². The molecule has 2 N–H and O–H groups in total. The molecule has 0 spiro atoms. The Labute approximate surface area is 163 Å². The minimum Gasteiger partial charge on any atom is -0.496 e. The second-order valence-electron chi connectivity index (χ2n) is 6.28. The quantitative estimate of drug-likeness (QED) is 0.698. The summed E-state index contributed by atoms with van der Waals surface area (Å²) in [7, 11) is 0.775. The molecule has 0 aromatic heterocycles. The molecule has 1 amide bonds. The Morgan fingerprint density at radius 1 is 0.964 bits per heavy atom. The fourth-order valence-corrected chi connectivity index (χ4v) is 3.99.